The van der Waals surface area contributed by atoms with Crippen LogP contribution in [0.25, 0.3) is 0 Å². The molecule has 0 fully saturated rings. The van der Waals surface area contributed by atoms with Crippen molar-refractivity contribution in [3.63, 3.8) is 0 Å². The fourth-order valence-electron chi connectivity index (χ4n) is 1.95. The second-order valence-electron chi connectivity index (χ2n) is 4.49. The number of hydrogen-bond donors (Lipinski definition) is 2. The van der Waals surface area contributed by atoms with Gasteiger partial charge in [-0.3, -0.25) is 0 Å². The number of aliphatic hydroxyl groups is 2. The van der Waals surface area contributed by atoms with Crippen molar-refractivity contribution in [1.29, 1.82) is 0 Å². The minimum absolute atomic E-state index is 0.0399. The molecule has 112 valence electrons. The monoisotopic (exact) mass is 292 g/mol. The standard InChI is InChI=1S/C16H17FO4/c1-20-13-6-2-4-11(8-13)15(19)10-21-16-12(9-18)5-3-7-14(16)17/h2-8,15,18-19H,9-10H2,1H3. The summed E-state index contributed by atoms with van der Waals surface area (Å²) >= 11 is 0. The third kappa shape index (κ3) is 3.71. The van der Waals surface area contributed by atoms with Gasteiger partial charge >= 0.3 is 0 Å². The lowest BCUT2D eigenvalue weighted by Gasteiger charge is -2.15. The molecule has 0 aromatic heterocycles. The average molecular weight is 292 g/mol. The first-order valence-electron chi connectivity index (χ1n) is 6.48. The van der Waals surface area contributed by atoms with Crippen LogP contribution in [0.5, 0.6) is 11.5 Å². The Morgan fingerprint density at radius 3 is 2.67 bits per heavy atom. The van der Waals surface area contributed by atoms with Crippen molar-refractivity contribution >= 4 is 0 Å². The predicted molar refractivity (Wildman–Crippen MR) is 75.8 cm³/mol. The highest BCUT2D eigenvalue weighted by molar-refractivity contribution is 5.35. The summed E-state index contributed by atoms with van der Waals surface area (Å²) in [6, 6.07) is 11.2. The molecule has 0 aliphatic heterocycles. The number of methoxy groups -OCH3 is 1. The fraction of sp³-hybridized carbons (Fsp3) is 0.250. The number of aliphatic hydroxyl groups excluding tert-OH is 2. The Morgan fingerprint density at radius 2 is 1.95 bits per heavy atom. The Hall–Kier alpha value is -2.11. The van der Waals surface area contributed by atoms with E-state index in [0.29, 0.717) is 16.9 Å². The van der Waals surface area contributed by atoms with Crippen LogP contribution < -0.4 is 9.47 Å². The van der Waals surface area contributed by atoms with Gasteiger partial charge in [-0.1, -0.05) is 24.3 Å². The summed E-state index contributed by atoms with van der Waals surface area (Å²) in [6.07, 6.45) is -0.925. The summed E-state index contributed by atoms with van der Waals surface area (Å²) in [5, 5.41) is 19.3. The fourth-order valence-corrected chi connectivity index (χ4v) is 1.95. The maximum atomic E-state index is 13.7. The second-order valence-corrected chi connectivity index (χ2v) is 4.49. The Bertz CT molecular complexity index is 601. The summed E-state index contributed by atoms with van der Waals surface area (Å²) in [7, 11) is 1.54. The summed E-state index contributed by atoms with van der Waals surface area (Å²) in [4.78, 5) is 0. The Kier molecular flexibility index (Phi) is 5.14. The molecular weight excluding hydrogens is 275 g/mol. The van der Waals surface area contributed by atoms with Crippen LogP contribution >= 0.6 is 0 Å². The lowest BCUT2D eigenvalue weighted by molar-refractivity contribution is 0.104. The number of para-hydroxylation sites is 1. The van der Waals surface area contributed by atoms with Crippen molar-refractivity contribution < 1.29 is 24.1 Å². The number of ether oxygens (including phenoxy) is 2. The van der Waals surface area contributed by atoms with Gasteiger partial charge in [0, 0.05) is 5.56 Å². The van der Waals surface area contributed by atoms with Crippen molar-refractivity contribution in [2.24, 2.45) is 0 Å². The SMILES string of the molecule is COc1cccc(C(O)COc2c(F)cccc2CO)c1. The first-order valence-corrected chi connectivity index (χ1v) is 6.48. The maximum Gasteiger partial charge on any atom is 0.165 e. The van der Waals surface area contributed by atoms with Crippen molar-refractivity contribution in [3.8, 4) is 11.5 Å². The zero-order valence-electron chi connectivity index (χ0n) is 11.6. The van der Waals surface area contributed by atoms with E-state index in [-0.39, 0.29) is 19.0 Å². The lowest BCUT2D eigenvalue weighted by atomic mass is 10.1. The van der Waals surface area contributed by atoms with E-state index >= 15 is 0 Å². The molecule has 0 amide bonds. The first kappa shape index (κ1) is 15.3. The van der Waals surface area contributed by atoms with Crippen LogP contribution in [0.3, 0.4) is 0 Å². The molecule has 2 N–H and O–H groups in total. The molecule has 1 atom stereocenters. The average Bonchev–Trinajstić information content (AvgIpc) is 2.53. The summed E-state index contributed by atoms with van der Waals surface area (Å²) < 4.78 is 24.1. The smallest absolute Gasteiger partial charge is 0.165 e. The maximum absolute atomic E-state index is 13.7. The topological polar surface area (TPSA) is 58.9 Å². The Balaban J connectivity index is 2.09. The van der Waals surface area contributed by atoms with E-state index in [1.54, 1.807) is 30.3 Å². The normalized spacial score (nSPS) is 12.0. The Labute approximate surface area is 122 Å². The number of benzene rings is 2. The van der Waals surface area contributed by atoms with Crippen LogP contribution in [0, 0.1) is 5.82 Å². The van der Waals surface area contributed by atoms with Crippen LogP contribution in [-0.2, 0) is 6.61 Å². The molecule has 0 radical (unpaired) electrons. The molecule has 2 aromatic carbocycles. The van der Waals surface area contributed by atoms with Gasteiger partial charge in [-0.2, -0.15) is 0 Å². The van der Waals surface area contributed by atoms with Crippen molar-refractivity contribution in [2.45, 2.75) is 12.7 Å². The van der Waals surface area contributed by atoms with Gasteiger partial charge < -0.3 is 19.7 Å². The third-order valence-corrected chi connectivity index (χ3v) is 3.08. The molecule has 2 aromatic rings. The Morgan fingerprint density at radius 1 is 1.19 bits per heavy atom. The minimum Gasteiger partial charge on any atom is -0.497 e. The van der Waals surface area contributed by atoms with E-state index in [2.05, 4.69) is 0 Å². The van der Waals surface area contributed by atoms with Gasteiger partial charge in [-0.15, -0.1) is 0 Å². The van der Waals surface area contributed by atoms with Crippen molar-refractivity contribution in [2.75, 3.05) is 13.7 Å². The molecule has 0 aliphatic rings. The zero-order valence-corrected chi connectivity index (χ0v) is 11.6. The van der Waals surface area contributed by atoms with Gasteiger partial charge in [0.1, 0.15) is 18.5 Å². The number of halogens is 1. The largest absolute Gasteiger partial charge is 0.497 e. The van der Waals surface area contributed by atoms with E-state index in [1.165, 1.54) is 19.2 Å². The highest BCUT2D eigenvalue weighted by Crippen LogP contribution is 2.25. The molecular formula is C16H17FO4. The molecule has 5 heteroatoms. The van der Waals surface area contributed by atoms with Crippen molar-refractivity contribution in [1.82, 2.24) is 0 Å². The molecule has 1 unspecified atom stereocenters. The van der Waals surface area contributed by atoms with E-state index < -0.39 is 11.9 Å². The van der Waals surface area contributed by atoms with E-state index in [1.807, 2.05) is 0 Å². The van der Waals surface area contributed by atoms with Crippen LogP contribution in [0.15, 0.2) is 42.5 Å². The van der Waals surface area contributed by atoms with Gasteiger partial charge in [0.2, 0.25) is 0 Å². The summed E-state index contributed by atoms with van der Waals surface area (Å²) in [5.41, 5.74) is 0.948. The first-order chi connectivity index (χ1) is 10.2. The van der Waals surface area contributed by atoms with Crippen molar-refractivity contribution in [3.05, 3.63) is 59.4 Å². The van der Waals surface area contributed by atoms with E-state index in [9.17, 15) is 9.50 Å². The molecule has 21 heavy (non-hydrogen) atoms. The molecule has 0 bridgehead atoms. The van der Waals surface area contributed by atoms with Crippen LogP contribution in [0.4, 0.5) is 4.39 Å². The molecule has 4 nitrogen and oxygen atoms in total. The van der Waals surface area contributed by atoms with Crippen LogP contribution in [-0.4, -0.2) is 23.9 Å². The van der Waals surface area contributed by atoms with Gasteiger partial charge in [-0.05, 0) is 23.8 Å². The molecule has 2 rings (SSSR count). The predicted octanol–water partition coefficient (Wildman–Crippen LogP) is 2.44. The molecule has 0 aliphatic carbocycles. The van der Waals surface area contributed by atoms with E-state index in [4.69, 9.17) is 14.6 Å². The summed E-state index contributed by atoms with van der Waals surface area (Å²) in [6.45, 7) is -0.455. The number of rotatable bonds is 6. The van der Waals surface area contributed by atoms with E-state index in [0.717, 1.165) is 0 Å². The summed E-state index contributed by atoms with van der Waals surface area (Å²) in [5.74, 6) is 0.00910. The zero-order chi connectivity index (χ0) is 15.2. The van der Waals surface area contributed by atoms with Crippen LogP contribution in [0.2, 0.25) is 0 Å². The quantitative estimate of drug-likeness (QED) is 0.858. The minimum atomic E-state index is -0.925. The van der Waals surface area contributed by atoms with Crippen LogP contribution in [0.1, 0.15) is 17.2 Å². The lowest BCUT2D eigenvalue weighted by Crippen LogP contribution is -2.11. The van der Waals surface area contributed by atoms with Gasteiger partial charge in [-0.25, -0.2) is 4.39 Å². The van der Waals surface area contributed by atoms with Gasteiger partial charge in [0.25, 0.3) is 0 Å². The molecule has 0 saturated heterocycles. The highest BCUT2D eigenvalue weighted by Gasteiger charge is 2.14. The molecule has 0 spiro atoms. The second kappa shape index (κ2) is 7.06. The highest BCUT2D eigenvalue weighted by atomic mass is 19.1. The van der Waals surface area contributed by atoms with Gasteiger partial charge in [0.15, 0.2) is 11.6 Å². The molecule has 0 heterocycles. The van der Waals surface area contributed by atoms with Gasteiger partial charge in [0.05, 0.1) is 13.7 Å². The number of hydrogen-bond acceptors (Lipinski definition) is 4. The third-order valence-electron chi connectivity index (χ3n) is 3.08. The molecule has 0 saturated carbocycles.